The van der Waals surface area contributed by atoms with Crippen molar-refractivity contribution >= 4 is 5.91 Å². The van der Waals surface area contributed by atoms with E-state index < -0.39 is 30.1 Å². The molecule has 2 N–H and O–H groups in total. The van der Waals surface area contributed by atoms with E-state index in [2.05, 4.69) is 25.0 Å². The molecule has 3 heterocycles. The first-order valence-electron chi connectivity index (χ1n) is 7.85. The highest BCUT2D eigenvalue weighted by Gasteiger charge is 2.37. The Morgan fingerprint density at radius 3 is 2.85 bits per heavy atom. The van der Waals surface area contributed by atoms with Gasteiger partial charge in [0.2, 0.25) is 5.89 Å². The topological polar surface area (TPSA) is 104 Å². The van der Waals surface area contributed by atoms with E-state index in [1.165, 1.54) is 6.20 Å². The molecule has 1 aliphatic heterocycles. The third kappa shape index (κ3) is 4.35. The molecule has 0 aliphatic carbocycles. The Hall–Kier alpha value is -2.53. The lowest BCUT2D eigenvalue weighted by Gasteiger charge is -2.35. The van der Waals surface area contributed by atoms with Gasteiger partial charge in [0.05, 0.1) is 18.7 Å². The second-order valence-electron chi connectivity index (χ2n) is 5.90. The predicted octanol–water partition coefficient (Wildman–Crippen LogP) is 0.849. The summed E-state index contributed by atoms with van der Waals surface area (Å²) >= 11 is 0. The minimum Gasteiger partial charge on any atom is -0.390 e. The van der Waals surface area contributed by atoms with Gasteiger partial charge in [-0.2, -0.15) is 18.2 Å². The number of alkyl halides is 3. The summed E-state index contributed by atoms with van der Waals surface area (Å²) < 4.78 is 42.0. The Balaban J connectivity index is 1.53. The molecule has 0 saturated carbocycles. The first kappa shape index (κ1) is 18.3. The molecule has 0 radical (unpaired) electrons. The fourth-order valence-electron chi connectivity index (χ4n) is 2.67. The number of aliphatic hydroxyl groups excluding tert-OH is 1. The number of likely N-dealkylation sites (tertiary alicyclic amines) is 1. The highest BCUT2D eigenvalue weighted by Crippen LogP contribution is 2.26. The van der Waals surface area contributed by atoms with E-state index in [1.54, 1.807) is 23.1 Å². The zero-order valence-corrected chi connectivity index (χ0v) is 13.5. The van der Waals surface area contributed by atoms with Gasteiger partial charge < -0.3 is 14.9 Å². The van der Waals surface area contributed by atoms with Gasteiger partial charge in [-0.05, 0) is 18.6 Å². The molecule has 3 rings (SSSR count). The number of nitrogens with one attached hydrogen (secondary N) is 1. The molecule has 11 heteroatoms. The van der Waals surface area contributed by atoms with Crippen molar-refractivity contribution < 1.29 is 27.6 Å². The van der Waals surface area contributed by atoms with Crippen LogP contribution in [0.3, 0.4) is 0 Å². The highest BCUT2D eigenvalue weighted by molar-refractivity contribution is 5.92. The van der Waals surface area contributed by atoms with Gasteiger partial charge in [-0.3, -0.25) is 14.7 Å². The lowest BCUT2D eigenvalue weighted by Crippen LogP contribution is -2.53. The Labute approximate surface area is 146 Å². The van der Waals surface area contributed by atoms with Gasteiger partial charge in [0.1, 0.15) is 5.69 Å². The quantitative estimate of drug-likeness (QED) is 0.821. The van der Waals surface area contributed by atoms with Gasteiger partial charge in [-0.1, -0.05) is 11.2 Å². The largest absolute Gasteiger partial charge is 0.455 e. The summed E-state index contributed by atoms with van der Waals surface area (Å²) in [5, 5.41) is 15.8. The Morgan fingerprint density at radius 2 is 2.23 bits per heavy atom. The maximum Gasteiger partial charge on any atom is 0.455 e. The number of carbonyl (C=O) groups excluding carboxylic acids is 1. The van der Waals surface area contributed by atoms with Crippen LogP contribution in [0, 0.1) is 0 Å². The predicted molar refractivity (Wildman–Crippen MR) is 80.7 cm³/mol. The maximum absolute atomic E-state index is 12.5. The normalized spacial score (nSPS) is 21.5. The molecule has 0 bridgehead atoms. The van der Waals surface area contributed by atoms with E-state index in [1.807, 2.05) is 0 Å². The van der Waals surface area contributed by atoms with Gasteiger partial charge in [0, 0.05) is 19.3 Å². The number of nitrogens with zero attached hydrogens (tertiary/aromatic N) is 4. The third-order valence-electron chi connectivity index (χ3n) is 3.96. The van der Waals surface area contributed by atoms with E-state index in [9.17, 15) is 23.1 Å². The number of aromatic nitrogens is 3. The van der Waals surface area contributed by atoms with Crippen LogP contribution in [0.1, 0.15) is 28.6 Å². The van der Waals surface area contributed by atoms with Crippen molar-refractivity contribution in [1.29, 1.82) is 0 Å². The summed E-state index contributed by atoms with van der Waals surface area (Å²) in [5.41, 5.74) is 0.243. The first-order valence-corrected chi connectivity index (χ1v) is 7.85. The lowest BCUT2D eigenvalue weighted by atomic mass is 10.0. The summed E-state index contributed by atoms with van der Waals surface area (Å²) in [6.45, 7) is 0.575. The summed E-state index contributed by atoms with van der Waals surface area (Å²) in [6, 6.07) is 4.45. The van der Waals surface area contributed by atoms with Crippen LogP contribution in [0.5, 0.6) is 0 Å². The van der Waals surface area contributed by atoms with Gasteiger partial charge >= 0.3 is 6.18 Å². The number of rotatable bonds is 4. The van der Waals surface area contributed by atoms with Crippen LogP contribution in [0.25, 0.3) is 0 Å². The maximum atomic E-state index is 12.5. The van der Waals surface area contributed by atoms with Crippen LogP contribution in [0.4, 0.5) is 13.2 Å². The molecule has 2 aromatic rings. The van der Waals surface area contributed by atoms with Crippen LogP contribution in [0.15, 0.2) is 28.9 Å². The van der Waals surface area contributed by atoms with Crippen LogP contribution in [0.2, 0.25) is 0 Å². The zero-order chi connectivity index (χ0) is 18.7. The summed E-state index contributed by atoms with van der Waals surface area (Å²) in [5.74, 6) is -1.90. The van der Waals surface area contributed by atoms with Gasteiger partial charge in [0.25, 0.3) is 11.7 Å². The standard InChI is InChI=1S/C15H16F3N5O3/c16-15(17,18)14-21-12(26-22-14)8-23-6-4-9(11(24)7-23)20-13(25)10-3-1-2-5-19-10/h1-3,5,9,11,24H,4,6-8H2,(H,20,25)/t9-,11-/m1/s1. The van der Waals surface area contributed by atoms with Crippen LogP contribution >= 0.6 is 0 Å². The Bertz CT molecular complexity index is 752. The summed E-state index contributed by atoms with van der Waals surface area (Å²) in [4.78, 5) is 21.0. The van der Waals surface area contributed by atoms with Crippen LogP contribution in [-0.2, 0) is 12.7 Å². The molecule has 0 unspecified atom stereocenters. The van der Waals surface area contributed by atoms with E-state index in [0.717, 1.165) is 0 Å². The second-order valence-corrected chi connectivity index (χ2v) is 5.90. The van der Waals surface area contributed by atoms with Crippen molar-refractivity contribution in [2.45, 2.75) is 31.3 Å². The molecular weight excluding hydrogens is 355 g/mol. The Morgan fingerprint density at radius 1 is 1.42 bits per heavy atom. The smallest absolute Gasteiger partial charge is 0.390 e. The molecule has 0 spiro atoms. The van der Waals surface area contributed by atoms with Crippen molar-refractivity contribution in [3.8, 4) is 0 Å². The van der Waals surface area contributed by atoms with Crippen molar-refractivity contribution in [3.63, 3.8) is 0 Å². The van der Waals surface area contributed by atoms with E-state index in [-0.39, 0.29) is 24.7 Å². The zero-order valence-electron chi connectivity index (χ0n) is 13.5. The summed E-state index contributed by atoms with van der Waals surface area (Å²) in [6.07, 6.45) is -3.64. The molecule has 26 heavy (non-hydrogen) atoms. The van der Waals surface area contributed by atoms with E-state index in [4.69, 9.17) is 0 Å². The highest BCUT2D eigenvalue weighted by atomic mass is 19.4. The lowest BCUT2D eigenvalue weighted by molar-refractivity contribution is -0.146. The van der Waals surface area contributed by atoms with E-state index in [0.29, 0.717) is 13.0 Å². The fourth-order valence-corrected chi connectivity index (χ4v) is 2.67. The number of carbonyl (C=O) groups is 1. The molecular formula is C15H16F3N5O3. The molecule has 1 saturated heterocycles. The number of piperidine rings is 1. The minimum absolute atomic E-state index is 0.0128. The average molecular weight is 371 g/mol. The third-order valence-corrected chi connectivity index (χ3v) is 3.96. The fraction of sp³-hybridized carbons (Fsp3) is 0.467. The number of amides is 1. The SMILES string of the molecule is O=C(N[C@@H]1CCN(Cc2nc(C(F)(F)F)no2)C[C@H]1O)c1ccccn1. The number of halogens is 3. The van der Waals surface area contributed by atoms with Crippen molar-refractivity contribution in [2.24, 2.45) is 0 Å². The molecule has 140 valence electrons. The van der Waals surface area contributed by atoms with Gasteiger partial charge in [0.15, 0.2) is 0 Å². The van der Waals surface area contributed by atoms with Crippen molar-refractivity contribution in [2.75, 3.05) is 13.1 Å². The van der Waals surface area contributed by atoms with Crippen molar-refractivity contribution in [1.82, 2.24) is 25.3 Å². The Kier molecular flexibility index (Phi) is 5.18. The molecule has 2 aromatic heterocycles. The van der Waals surface area contributed by atoms with Gasteiger partial charge in [-0.15, -0.1) is 0 Å². The number of aliphatic hydroxyl groups is 1. The van der Waals surface area contributed by atoms with Crippen LogP contribution < -0.4 is 5.32 Å². The molecule has 1 aliphatic rings. The van der Waals surface area contributed by atoms with Gasteiger partial charge in [-0.25, -0.2) is 0 Å². The minimum atomic E-state index is -4.66. The number of pyridine rings is 1. The average Bonchev–Trinajstić information content (AvgIpc) is 3.07. The number of hydrogen-bond acceptors (Lipinski definition) is 7. The molecule has 0 aromatic carbocycles. The van der Waals surface area contributed by atoms with E-state index >= 15 is 0 Å². The molecule has 1 fully saturated rings. The molecule has 1 amide bonds. The number of hydrogen-bond donors (Lipinski definition) is 2. The second kappa shape index (κ2) is 7.38. The van der Waals surface area contributed by atoms with Crippen molar-refractivity contribution in [3.05, 3.63) is 41.8 Å². The number of β-amino-alcohol motifs (C(OH)–C–C–N with tert-alkyl or cyclic N) is 1. The monoisotopic (exact) mass is 371 g/mol. The van der Waals surface area contributed by atoms with Crippen LogP contribution in [-0.4, -0.2) is 56.3 Å². The molecule has 2 atom stereocenters. The molecule has 8 nitrogen and oxygen atoms in total. The summed E-state index contributed by atoms with van der Waals surface area (Å²) in [7, 11) is 0. The first-order chi connectivity index (χ1) is 12.3.